The molecule has 1 saturated carbocycles. The molecule has 2 rings (SSSR count). The van der Waals surface area contributed by atoms with Gasteiger partial charge in [-0.05, 0) is 62.8 Å². The third-order valence-electron chi connectivity index (χ3n) is 3.53. The average molecular weight is 239 g/mol. The standard InChI is InChI=1S/C14H19F2N/c1-17-14(11-6-7-11)4-2-3-10-5-8-12(15)13(16)9-10/h5,8-9,11,14,17H,2-4,6-7H2,1H3. The molecule has 1 aromatic carbocycles. The highest BCUT2D eigenvalue weighted by atomic mass is 19.2. The minimum atomic E-state index is -0.764. The number of hydrogen-bond donors (Lipinski definition) is 1. The van der Waals surface area contributed by atoms with Gasteiger partial charge in [0.25, 0.3) is 0 Å². The first-order chi connectivity index (χ1) is 8.20. The second-order valence-electron chi connectivity index (χ2n) is 4.87. The van der Waals surface area contributed by atoms with Crippen LogP contribution in [0.4, 0.5) is 8.78 Å². The highest BCUT2D eigenvalue weighted by Crippen LogP contribution is 2.34. The Morgan fingerprint density at radius 3 is 2.65 bits per heavy atom. The zero-order valence-electron chi connectivity index (χ0n) is 10.2. The topological polar surface area (TPSA) is 12.0 Å². The fraction of sp³-hybridized carbons (Fsp3) is 0.571. The van der Waals surface area contributed by atoms with Gasteiger partial charge in [0.05, 0.1) is 0 Å². The lowest BCUT2D eigenvalue weighted by molar-refractivity contribution is 0.455. The van der Waals surface area contributed by atoms with Crippen LogP contribution in [0.5, 0.6) is 0 Å². The monoisotopic (exact) mass is 239 g/mol. The highest BCUT2D eigenvalue weighted by Gasteiger charge is 2.29. The number of hydrogen-bond acceptors (Lipinski definition) is 1. The van der Waals surface area contributed by atoms with Crippen molar-refractivity contribution >= 4 is 0 Å². The Labute approximate surface area is 101 Å². The first kappa shape index (κ1) is 12.5. The number of nitrogens with one attached hydrogen (secondary N) is 1. The van der Waals surface area contributed by atoms with Gasteiger partial charge in [0.15, 0.2) is 11.6 Å². The van der Waals surface area contributed by atoms with Crippen LogP contribution in [0.3, 0.4) is 0 Å². The summed E-state index contributed by atoms with van der Waals surface area (Å²) in [5.74, 6) is -0.667. The van der Waals surface area contributed by atoms with E-state index in [1.807, 2.05) is 7.05 Å². The number of aryl methyl sites for hydroxylation is 1. The van der Waals surface area contributed by atoms with Gasteiger partial charge >= 0.3 is 0 Å². The number of rotatable bonds is 6. The Balaban J connectivity index is 1.78. The molecule has 0 aliphatic heterocycles. The molecule has 0 aromatic heterocycles. The average Bonchev–Trinajstić information content (AvgIpc) is 3.13. The molecule has 94 valence electrons. The summed E-state index contributed by atoms with van der Waals surface area (Å²) >= 11 is 0. The van der Waals surface area contributed by atoms with Crippen LogP contribution in [0, 0.1) is 17.6 Å². The molecule has 1 aliphatic rings. The van der Waals surface area contributed by atoms with Gasteiger partial charge in [-0.15, -0.1) is 0 Å². The minimum absolute atomic E-state index is 0.597. The Hall–Kier alpha value is -0.960. The molecular formula is C14H19F2N. The number of benzene rings is 1. The summed E-state index contributed by atoms with van der Waals surface area (Å²) in [7, 11) is 2.00. The van der Waals surface area contributed by atoms with Crippen molar-refractivity contribution in [1.29, 1.82) is 0 Å². The summed E-state index contributed by atoms with van der Waals surface area (Å²) in [6, 6.07) is 4.78. The molecule has 1 N–H and O–H groups in total. The van der Waals surface area contributed by atoms with Crippen LogP contribution in [0.2, 0.25) is 0 Å². The molecule has 17 heavy (non-hydrogen) atoms. The van der Waals surface area contributed by atoms with Crippen molar-refractivity contribution in [3.63, 3.8) is 0 Å². The summed E-state index contributed by atoms with van der Waals surface area (Å²) in [5.41, 5.74) is 0.884. The zero-order valence-corrected chi connectivity index (χ0v) is 10.2. The first-order valence-corrected chi connectivity index (χ1v) is 6.32. The van der Waals surface area contributed by atoms with Crippen molar-refractivity contribution < 1.29 is 8.78 Å². The van der Waals surface area contributed by atoms with Crippen LogP contribution in [0.25, 0.3) is 0 Å². The zero-order chi connectivity index (χ0) is 12.3. The summed E-state index contributed by atoms with van der Waals surface area (Å²) < 4.78 is 25.7. The molecular weight excluding hydrogens is 220 g/mol. The van der Waals surface area contributed by atoms with Gasteiger partial charge in [-0.3, -0.25) is 0 Å². The normalized spacial score (nSPS) is 17.1. The van der Waals surface area contributed by atoms with Crippen molar-refractivity contribution in [3.05, 3.63) is 35.4 Å². The fourth-order valence-corrected chi connectivity index (χ4v) is 2.34. The van der Waals surface area contributed by atoms with Gasteiger partial charge in [-0.2, -0.15) is 0 Å². The molecule has 0 saturated heterocycles. The molecule has 1 fully saturated rings. The van der Waals surface area contributed by atoms with Crippen molar-refractivity contribution in [3.8, 4) is 0 Å². The molecule has 1 aromatic rings. The van der Waals surface area contributed by atoms with Crippen LogP contribution in [-0.2, 0) is 6.42 Å². The molecule has 1 nitrogen and oxygen atoms in total. The summed E-state index contributed by atoms with van der Waals surface area (Å²) in [5, 5.41) is 3.34. The molecule has 0 bridgehead atoms. The highest BCUT2D eigenvalue weighted by molar-refractivity contribution is 5.17. The lowest BCUT2D eigenvalue weighted by atomic mass is 10.0. The fourth-order valence-electron chi connectivity index (χ4n) is 2.34. The van der Waals surface area contributed by atoms with E-state index in [-0.39, 0.29) is 0 Å². The van der Waals surface area contributed by atoms with Crippen molar-refractivity contribution in [2.24, 2.45) is 5.92 Å². The van der Waals surface area contributed by atoms with Gasteiger partial charge < -0.3 is 5.32 Å². The Morgan fingerprint density at radius 2 is 2.06 bits per heavy atom. The summed E-state index contributed by atoms with van der Waals surface area (Å²) in [4.78, 5) is 0. The van der Waals surface area contributed by atoms with E-state index in [0.717, 1.165) is 30.7 Å². The van der Waals surface area contributed by atoms with Gasteiger partial charge in [-0.25, -0.2) is 8.78 Å². The Morgan fingerprint density at radius 1 is 1.29 bits per heavy atom. The van der Waals surface area contributed by atoms with E-state index in [2.05, 4.69) is 5.32 Å². The predicted octanol–water partition coefficient (Wildman–Crippen LogP) is 3.29. The molecule has 3 heteroatoms. The predicted molar refractivity (Wildman–Crippen MR) is 64.9 cm³/mol. The maximum atomic E-state index is 13.0. The Kier molecular flexibility index (Phi) is 4.11. The van der Waals surface area contributed by atoms with Crippen LogP contribution in [0.15, 0.2) is 18.2 Å². The lowest BCUT2D eigenvalue weighted by Crippen LogP contribution is -2.27. The first-order valence-electron chi connectivity index (χ1n) is 6.32. The van der Waals surface area contributed by atoms with E-state index in [4.69, 9.17) is 0 Å². The number of halogens is 2. The smallest absolute Gasteiger partial charge is 0.159 e. The van der Waals surface area contributed by atoms with Crippen molar-refractivity contribution in [1.82, 2.24) is 5.32 Å². The van der Waals surface area contributed by atoms with Gasteiger partial charge in [0, 0.05) is 6.04 Å². The third-order valence-corrected chi connectivity index (χ3v) is 3.53. The molecule has 1 unspecified atom stereocenters. The molecule has 0 spiro atoms. The van der Waals surface area contributed by atoms with Gasteiger partial charge in [0.1, 0.15) is 0 Å². The quantitative estimate of drug-likeness (QED) is 0.803. The van der Waals surface area contributed by atoms with Crippen LogP contribution < -0.4 is 5.32 Å². The maximum Gasteiger partial charge on any atom is 0.159 e. The largest absolute Gasteiger partial charge is 0.317 e. The Bertz CT molecular complexity index is 374. The van der Waals surface area contributed by atoms with E-state index >= 15 is 0 Å². The van der Waals surface area contributed by atoms with E-state index in [0.29, 0.717) is 6.04 Å². The summed E-state index contributed by atoms with van der Waals surface area (Å²) in [6.07, 6.45) is 5.61. The van der Waals surface area contributed by atoms with Gasteiger partial charge in [0.2, 0.25) is 0 Å². The van der Waals surface area contributed by atoms with Crippen LogP contribution in [-0.4, -0.2) is 13.1 Å². The van der Waals surface area contributed by atoms with Crippen molar-refractivity contribution in [2.75, 3.05) is 7.05 Å². The van der Waals surface area contributed by atoms with E-state index in [1.165, 1.54) is 25.0 Å². The maximum absolute atomic E-state index is 13.0. The van der Waals surface area contributed by atoms with Crippen LogP contribution >= 0.6 is 0 Å². The van der Waals surface area contributed by atoms with Gasteiger partial charge in [-0.1, -0.05) is 6.07 Å². The lowest BCUT2D eigenvalue weighted by Gasteiger charge is -2.14. The second-order valence-corrected chi connectivity index (χ2v) is 4.87. The van der Waals surface area contributed by atoms with Crippen LogP contribution in [0.1, 0.15) is 31.2 Å². The van der Waals surface area contributed by atoms with E-state index < -0.39 is 11.6 Å². The molecule has 1 atom stereocenters. The molecule has 0 amide bonds. The minimum Gasteiger partial charge on any atom is -0.317 e. The van der Waals surface area contributed by atoms with Crippen molar-refractivity contribution in [2.45, 2.75) is 38.1 Å². The molecule has 0 radical (unpaired) electrons. The second kappa shape index (κ2) is 5.58. The molecule has 1 aliphatic carbocycles. The van der Waals surface area contributed by atoms with E-state index in [9.17, 15) is 8.78 Å². The SMILES string of the molecule is CNC(CCCc1ccc(F)c(F)c1)C1CC1. The third kappa shape index (κ3) is 3.50. The van der Waals surface area contributed by atoms with E-state index in [1.54, 1.807) is 6.07 Å². The molecule has 0 heterocycles. The summed E-state index contributed by atoms with van der Waals surface area (Å²) in [6.45, 7) is 0.